The fourth-order valence-electron chi connectivity index (χ4n) is 4.50. The summed E-state index contributed by atoms with van der Waals surface area (Å²) < 4.78 is 32.2. The zero-order chi connectivity index (χ0) is 26.3. The van der Waals surface area contributed by atoms with Crippen molar-refractivity contribution in [1.29, 1.82) is 0 Å². The summed E-state index contributed by atoms with van der Waals surface area (Å²) in [5.74, 6) is 0.338. The average molecular weight is 522 g/mol. The van der Waals surface area contributed by atoms with Crippen LogP contribution in [0.2, 0.25) is 0 Å². The van der Waals surface area contributed by atoms with Gasteiger partial charge in [-0.3, -0.25) is 14.0 Å². The lowest BCUT2D eigenvalue weighted by Gasteiger charge is -2.24. The first-order valence-electron chi connectivity index (χ1n) is 12.7. The van der Waals surface area contributed by atoms with Crippen LogP contribution in [0.4, 0.5) is 5.69 Å². The Morgan fingerprint density at radius 2 is 1.54 bits per heavy atom. The molecule has 0 bridgehead atoms. The van der Waals surface area contributed by atoms with E-state index in [1.165, 1.54) is 42.1 Å². The predicted molar refractivity (Wildman–Crippen MR) is 147 cm³/mol. The van der Waals surface area contributed by atoms with E-state index in [0.29, 0.717) is 30.2 Å². The van der Waals surface area contributed by atoms with Gasteiger partial charge in [-0.15, -0.1) is 0 Å². The van der Waals surface area contributed by atoms with E-state index in [9.17, 15) is 13.2 Å². The number of benzene rings is 3. The number of anilines is 1. The van der Waals surface area contributed by atoms with E-state index in [1.807, 2.05) is 13.0 Å². The minimum atomic E-state index is -3.56. The second kappa shape index (κ2) is 12.3. The van der Waals surface area contributed by atoms with Gasteiger partial charge in [0.1, 0.15) is 5.75 Å². The summed E-state index contributed by atoms with van der Waals surface area (Å²) in [5, 5.41) is 2.97. The van der Waals surface area contributed by atoms with Gasteiger partial charge >= 0.3 is 0 Å². The van der Waals surface area contributed by atoms with Gasteiger partial charge in [0.2, 0.25) is 10.0 Å². The molecule has 0 saturated carbocycles. The lowest BCUT2D eigenvalue weighted by molar-refractivity contribution is 0.0951. The number of sulfonamides is 1. The molecule has 0 spiro atoms. The Bertz CT molecular complexity index is 1290. The Kier molecular flexibility index (Phi) is 8.84. The fourth-order valence-corrected chi connectivity index (χ4v) is 5.39. The average Bonchev–Trinajstić information content (AvgIpc) is 3.40. The highest BCUT2D eigenvalue weighted by Gasteiger charge is 2.21. The number of amides is 1. The van der Waals surface area contributed by atoms with Gasteiger partial charge in [0.05, 0.1) is 25.1 Å². The third kappa shape index (κ3) is 7.33. The van der Waals surface area contributed by atoms with Crippen LogP contribution in [-0.2, 0) is 29.7 Å². The van der Waals surface area contributed by atoms with Crippen molar-refractivity contribution in [3.63, 3.8) is 0 Å². The van der Waals surface area contributed by atoms with Crippen LogP contribution in [0, 0.1) is 0 Å². The summed E-state index contributed by atoms with van der Waals surface area (Å²) in [7, 11) is -3.56. The number of carbonyl (C=O) groups is 1. The smallest absolute Gasteiger partial charge is 0.251 e. The first-order valence-corrected chi connectivity index (χ1v) is 14.5. The SMILES string of the molecule is CCOc1ccccc1N(Cc1ccc(C(=O)NCc2ccc(CN3CCCC3)cc2)cc1)S(C)(=O)=O. The topological polar surface area (TPSA) is 79.0 Å². The van der Waals surface area contributed by atoms with Crippen LogP contribution in [0.15, 0.2) is 72.8 Å². The van der Waals surface area contributed by atoms with Crippen LogP contribution in [0.25, 0.3) is 0 Å². The molecule has 0 radical (unpaired) electrons. The molecule has 1 saturated heterocycles. The van der Waals surface area contributed by atoms with Gasteiger partial charge in [0.15, 0.2) is 0 Å². The zero-order valence-electron chi connectivity index (χ0n) is 21.5. The van der Waals surface area contributed by atoms with Crippen molar-refractivity contribution in [2.45, 2.75) is 39.4 Å². The van der Waals surface area contributed by atoms with E-state index >= 15 is 0 Å². The second-order valence-corrected chi connectivity index (χ2v) is 11.3. The number of nitrogens with one attached hydrogen (secondary N) is 1. The van der Waals surface area contributed by atoms with E-state index in [2.05, 4.69) is 34.5 Å². The molecule has 4 rings (SSSR count). The molecule has 1 heterocycles. The molecule has 0 atom stereocenters. The van der Waals surface area contributed by atoms with Gasteiger partial charge in [0, 0.05) is 18.7 Å². The fraction of sp³-hybridized carbons (Fsp3) is 0.345. The monoisotopic (exact) mass is 521 g/mol. The normalized spacial score (nSPS) is 13.9. The van der Waals surface area contributed by atoms with E-state index in [1.54, 1.807) is 42.5 Å². The molecule has 7 nitrogen and oxygen atoms in total. The van der Waals surface area contributed by atoms with Crippen molar-refractivity contribution in [2.75, 3.05) is 30.3 Å². The van der Waals surface area contributed by atoms with Gasteiger partial charge in [-0.25, -0.2) is 8.42 Å². The van der Waals surface area contributed by atoms with E-state index in [-0.39, 0.29) is 12.5 Å². The lowest BCUT2D eigenvalue weighted by Crippen LogP contribution is -2.29. The van der Waals surface area contributed by atoms with Gasteiger partial charge in [0.25, 0.3) is 5.91 Å². The highest BCUT2D eigenvalue weighted by molar-refractivity contribution is 7.92. The third-order valence-corrected chi connectivity index (χ3v) is 7.58. The molecule has 1 N–H and O–H groups in total. The summed E-state index contributed by atoms with van der Waals surface area (Å²) in [6.45, 7) is 6.19. The highest BCUT2D eigenvalue weighted by Crippen LogP contribution is 2.31. The molecule has 3 aromatic rings. The highest BCUT2D eigenvalue weighted by atomic mass is 32.2. The number of carbonyl (C=O) groups excluding carboxylic acids is 1. The van der Waals surface area contributed by atoms with Crippen LogP contribution >= 0.6 is 0 Å². The number of para-hydroxylation sites is 2. The number of ether oxygens (including phenoxy) is 1. The molecule has 0 aliphatic carbocycles. The minimum Gasteiger partial charge on any atom is -0.492 e. The van der Waals surface area contributed by atoms with Crippen molar-refractivity contribution >= 4 is 21.6 Å². The maximum absolute atomic E-state index is 12.7. The maximum atomic E-state index is 12.7. The van der Waals surface area contributed by atoms with Crippen molar-refractivity contribution in [3.8, 4) is 5.75 Å². The molecular weight excluding hydrogens is 486 g/mol. The Labute approximate surface area is 220 Å². The summed E-state index contributed by atoms with van der Waals surface area (Å²) in [6, 6.07) is 22.5. The predicted octanol–water partition coefficient (Wildman–Crippen LogP) is 4.58. The molecule has 1 fully saturated rings. The van der Waals surface area contributed by atoms with Crippen molar-refractivity contribution in [2.24, 2.45) is 0 Å². The maximum Gasteiger partial charge on any atom is 0.251 e. The van der Waals surface area contributed by atoms with E-state index in [0.717, 1.165) is 17.7 Å². The first-order chi connectivity index (χ1) is 17.8. The van der Waals surface area contributed by atoms with Gasteiger partial charge in [-0.2, -0.15) is 0 Å². The molecule has 0 aromatic heterocycles. The number of hydrogen-bond acceptors (Lipinski definition) is 5. The molecule has 1 amide bonds. The van der Waals surface area contributed by atoms with Crippen molar-refractivity contribution in [1.82, 2.24) is 10.2 Å². The van der Waals surface area contributed by atoms with Crippen LogP contribution < -0.4 is 14.4 Å². The van der Waals surface area contributed by atoms with E-state index < -0.39 is 10.0 Å². The lowest BCUT2D eigenvalue weighted by atomic mass is 10.1. The Morgan fingerprint density at radius 1 is 0.919 bits per heavy atom. The molecule has 8 heteroatoms. The zero-order valence-corrected chi connectivity index (χ0v) is 22.3. The quantitative estimate of drug-likeness (QED) is 0.400. The second-order valence-electron chi connectivity index (χ2n) is 9.35. The molecule has 3 aromatic carbocycles. The Balaban J connectivity index is 1.36. The molecule has 0 unspecified atom stereocenters. The number of likely N-dealkylation sites (tertiary alicyclic amines) is 1. The number of hydrogen-bond donors (Lipinski definition) is 1. The summed E-state index contributed by atoms with van der Waals surface area (Å²) in [5.41, 5.74) is 4.11. The first kappa shape index (κ1) is 26.7. The minimum absolute atomic E-state index is 0.134. The summed E-state index contributed by atoms with van der Waals surface area (Å²) >= 11 is 0. The summed E-state index contributed by atoms with van der Waals surface area (Å²) in [4.78, 5) is 15.2. The molecule has 196 valence electrons. The standard InChI is InChI=1S/C29H35N3O4S/c1-3-36-28-9-5-4-8-27(28)32(37(2,34)35)22-25-14-16-26(17-15-25)29(33)30-20-23-10-12-24(13-11-23)21-31-18-6-7-19-31/h4-5,8-17H,3,6-7,18-22H2,1-2H3,(H,30,33). The van der Waals surface area contributed by atoms with Gasteiger partial charge in [-0.05, 0) is 73.8 Å². The van der Waals surface area contributed by atoms with Gasteiger partial charge < -0.3 is 10.1 Å². The number of nitrogens with zero attached hydrogens (tertiary/aromatic N) is 2. The molecular formula is C29H35N3O4S. The largest absolute Gasteiger partial charge is 0.492 e. The summed E-state index contributed by atoms with van der Waals surface area (Å²) in [6.07, 6.45) is 3.74. The molecule has 1 aliphatic heterocycles. The number of rotatable bonds is 11. The Morgan fingerprint density at radius 3 is 2.19 bits per heavy atom. The van der Waals surface area contributed by atoms with Crippen LogP contribution in [0.1, 0.15) is 46.8 Å². The van der Waals surface area contributed by atoms with Crippen LogP contribution in [0.5, 0.6) is 5.75 Å². The van der Waals surface area contributed by atoms with Gasteiger partial charge in [-0.1, -0.05) is 48.5 Å². The third-order valence-electron chi connectivity index (χ3n) is 6.46. The van der Waals surface area contributed by atoms with Crippen molar-refractivity contribution in [3.05, 3.63) is 95.1 Å². The van der Waals surface area contributed by atoms with Crippen LogP contribution in [0.3, 0.4) is 0 Å². The van der Waals surface area contributed by atoms with E-state index in [4.69, 9.17) is 4.74 Å². The molecule has 37 heavy (non-hydrogen) atoms. The van der Waals surface area contributed by atoms with Crippen molar-refractivity contribution < 1.29 is 17.9 Å². The van der Waals surface area contributed by atoms with Crippen LogP contribution in [-0.4, -0.2) is 45.2 Å². The Hall–Kier alpha value is -3.36. The molecule has 1 aliphatic rings.